The second kappa shape index (κ2) is 23.0. The molecule has 0 saturated carbocycles. The normalized spacial score (nSPS) is 33.6. The van der Waals surface area contributed by atoms with Gasteiger partial charge in [-0.1, -0.05) is 24.3 Å². The molecule has 68 heavy (non-hydrogen) atoms. The number of methoxy groups -OCH3 is 2. The average molecular weight is 969 g/mol. The maximum absolute atomic E-state index is 14.2. The van der Waals surface area contributed by atoms with Crippen LogP contribution in [0.3, 0.4) is 0 Å². The van der Waals surface area contributed by atoms with Crippen molar-refractivity contribution < 1.29 is 85.6 Å². The van der Waals surface area contributed by atoms with E-state index < -0.39 is 132 Å². The van der Waals surface area contributed by atoms with Crippen LogP contribution in [0.15, 0.2) is 24.3 Å². The van der Waals surface area contributed by atoms with Crippen LogP contribution in [0.1, 0.15) is 94.9 Å². The van der Waals surface area contributed by atoms with E-state index >= 15 is 0 Å². The van der Waals surface area contributed by atoms with Gasteiger partial charge in [0.2, 0.25) is 11.8 Å². The molecular weight excluding hydrogens is 897 g/mol. The van der Waals surface area contributed by atoms with Gasteiger partial charge in [0.05, 0.1) is 36.8 Å². The van der Waals surface area contributed by atoms with E-state index in [1.165, 1.54) is 26.4 Å². The summed E-state index contributed by atoms with van der Waals surface area (Å²) >= 11 is 0. The molecule has 384 valence electrons. The lowest BCUT2D eigenvalue weighted by Crippen LogP contribution is -2.57. The van der Waals surface area contributed by atoms with Crippen molar-refractivity contribution in [1.82, 2.24) is 21.3 Å². The maximum Gasteiger partial charge on any atom is 0.407 e. The highest BCUT2D eigenvalue weighted by atomic mass is 16.9. The Morgan fingerprint density at radius 2 is 0.985 bits per heavy atom. The van der Waals surface area contributed by atoms with Gasteiger partial charge in [-0.05, 0) is 82.1 Å². The number of hydrogen-bond donors (Lipinski definition) is 4. The number of allylic oxidation sites excluding steroid dienone is 2. The molecule has 5 aliphatic rings. The number of rotatable bonds is 8. The number of cyclic esters (lactones) is 2. The molecule has 5 heterocycles. The molecule has 22 heteroatoms. The molecule has 0 bridgehead atoms. The van der Waals surface area contributed by atoms with E-state index in [0.29, 0.717) is 0 Å². The van der Waals surface area contributed by atoms with Crippen LogP contribution in [0.2, 0.25) is 0 Å². The van der Waals surface area contributed by atoms with Crippen molar-refractivity contribution in [3.05, 3.63) is 24.3 Å². The van der Waals surface area contributed by atoms with E-state index in [1.54, 1.807) is 81.4 Å². The third-order valence-electron chi connectivity index (χ3n) is 11.3. The third-order valence-corrected chi connectivity index (χ3v) is 11.3. The Kier molecular flexibility index (Phi) is 18.4. The maximum atomic E-state index is 14.2. The molecule has 0 spiro atoms. The summed E-state index contributed by atoms with van der Waals surface area (Å²) in [6, 6.07) is -2.18. The van der Waals surface area contributed by atoms with E-state index in [4.69, 9.17) is 56.8 Å². The first-order chi connectivity index (χ1) is 31.8. The van der Waals surface area contributed by atoms with Crippen LogP contribution in [0.5, 0.6) is 0 Å². The van der Waals surface area contributed by atoms with Crippen molar-refractivity contribution in [2.75, 3.05) is 40.5 Å². The second-order valence-corrected chi connectivity index (χ2v) is 20.0. The van der Waals surface area contributed by atoms with Gasteiger partial charge >= 0.3 is 24.1 Å². The Bertz CT molecular complexity index is 1710. The van der Waals surface area contributed by atoms with Crippen LogP contribution in [-0.2, 0) is 76.0 Å². The van der Waals surface area contributed by atoms with Gasteiger partial charge in [0.1, 0.15) is 61.0 Å². The van der Waals surface area contributed by atoms with E-state index in [-0.39, 0.29) is 52.0 Å². The molecular formula is C46H72N4O18. The molecule has 0 aliphatic carbocycles. The fraction of sp³-hybridized carbons (Fsp3) is 0.783. The van der Waals surface area contributed by atoms with E-state index in [0.717, 1.165) is 0 Å². The molecule has 0 aromatic heterocycles. The highest BCUT2D eigenvalue weighted by Crippen LogP contribution is 2.42. The van der Waals surface area contributed by atoms with Crippen molar-refractivity contribution in [1.29, 1.82) is 0 Å². The summed E-state index contributed by atoms with van der Waals surface area (Å²) in [5, 5.41) is 11.2. The Balaban J connectivity index is 1.35. The lowest BCUT2D eigenvalue weighted by atomic mass is 9.87. The lowest BCUT2D eigenvalue weighted by Gasteiger charge is -2.35. The summed E-state index contributed by atoms with van der Waals surface area (Å²) in [5.41, 5.74) is -1.78. The summed E-state index contributed by atoms with van der Waals surface area (Å²) in [5.74, 6) is -6.47. The van der Waals surface area contributed by atoms with Crippen LogP contribution in [-0.4, -0.2) is 161 Å². The van der Waals surface area contributed by atoms with Gasteiger partial charge in [0, 0.05) is 27.3 Å². The smallest absolute Gasteiger partial charge is 0.407 e. The lowest BCUT2D eigenvalue weighted by molar-refractivity contribution is -0.221. The second-order valence-electron chi connectivity index (χ2n) is 20.0. The zero-order chi connectivity index (χ0) is 50.2. The monoisotopic (exact) mass is 968 g/mol. The van der Waals surface area contributed by atoms with Gasteiger partial charge in [-0.25, -0.2) is 9.59 Å². The molecule has 0 aromatic carbocycles. The van der Waals surface area contributed by atoms with Crippen molar-refractivity contribution in [2.45, 2.75) is 179 Å². The van der Waals surface area contributed by atoms with Crippen LogP contribution in [0, 0.1) is 11.8 Å². The molecule has 12 atom stereocenters. The molecule has 0 aromatic rings. The van der Waals surface area contributed by atoms with Gasteiger partial charge in [-0.3, -0.25) is 19.2 Å². The van der Waals surface area contributed by atoms with Crippen molar-refractivity contribution in [2.24, 2.45) is 11.8 Å². The first-order valence-corrected chi connectivity index (χ1v) is 23.0. The number of alkyl carbamates (subject to hydrolysis) is 2. The minimum Gasteiger partial charge on any atom is -0.461 e. The number of esters is 2. The topological polar surface area (TPSA) is 261 Å². The molecule has 5 aliphatic heterocycles. The van der Waals surface area contributed by atoms with E-state index in [9.17, 15) is 28.8 Å². The van der Waals surface area contributed by atoms with Gasteiger partial charge in [0.15, 0.2) is 24.2 Å². The Labute approximate surface area is 397 Å². The van der Waals surface area contributed by atoms with Crippen LogP contribution >= 0.6 is 0 Å². The summed E-state index contributed by atoms with van der Waals surface area (Å²) in [7, 11) is 2.91. The predicted molar refractivity (Wildman–Crippen MR) is 237 cm³/mol. The van der Waals surface area contributed by atoms with Crippen molar-refractivity contribution in [3.8, 4) is 0 Å². The Morgan fingerprint density at radius 3 is 1.32 bits per heavy atom. The molecule has 4 saturated heterocycles. The number of carbonyl (C=O) groups excluding carboxylic acids is 6. The van der Waals surface area contributed by atoms with Crippen LogP contribution in [0.4, 0.5) is 9.59 Å². The van der Waals surface area contributed by atoms with Gasteiger partial charge in [0.25, 0.3) is 0 Å². The standard InChI is InChI=1S/C46H72N4O18/c1-43(2,3)67-41(55)49-29(31-33(57-11)35-39(61-31)65-45(7,8)63-35)25-17-13-15-23-59-28(52)20-22-48-38(54)26(18-14-16-24-60-27(51)19-21-47-37(25)53)30(50-42(56)68-44(4,5)6)32-34(58-12)36-40(62-32)66-46(9,10)64-36/h13-16,25-26,29-36,39-40H,17-24H2,1-12H3,(H,47,53)(H,48,54)(H,49,55)(H,50,56)/b15-13+,16-14+/t25-,26-,29-,30-,31+,32+,33-,34-,35+,36+,39+,40+/m0/s1. The zero-order valence-electron chi connectivity index (χ0n) is 41.2. The quantitative estimate of drug-likeness (QED) is 0.155. The van der Waals surface area contributed by atoms with Gasteiger partial charge in [-0.15, -0.1) is 0 Å². The highest BCUT2D eigenvalue weighted by molar-refractivity contribution is 5.82. The SMILES string of the molecule is CO[C@H]1[C@@H]([C@@H](NC(=O)OC(C)(C)C)[C@@H]2C/C=C/COC(=O)CCNC(=O)[C@H]([C@H](NC(=O)OC(C)(C)C)[C@H]3O[C@@H]4OC(C)(C)O[C@@H]4[C@H]3OC)C/C=C/COC(=O)CCNC2=O)O[C@@H]2OC(C)(C)O[C@@H]21. The van der Waals surface area contributed by atoms with E-state index in [2.05, 4.69) is 21.3 Å². The number of fused-ring (bicyclic) bond motifs is 2. The average Bonchev–Trinajstić information content (AvgIpc) is 3.90. The molecule has 4 N–H and O–H groups in total. The largest absolute Gasteiger partial charge is 0.461 e. The molecule has 4 amide bonds. The number of carbonyl (C=O) groups is 6. The number of ether oxygens (including phenoxy) is 12. The van der Waals surface area contributed by atoms with Crippen molar-refractivity contribution in [3.63, 3.8) is 0 Å². The van der Waals surface area contributed by atoms with E-state index in [1.807, 2.05) is 0 Å². The molecule has 5 rings (SSSR count). The van der Waals surface area contributed by atoms with Crippen LogP contribution in [0.25, 0.3) is 0 Å². The molecule has 0 unspecified atom stereocenters. The first-order valence-electron chi connectivity index (χ1n) is 23.0. The Morgan fingerprint density at radius 1 is 0.618 bits per heavy atom. The fourth-order valence-electron chi connectivity index (χ4n) is 8.55. The minimum absolute atomic E-state index is 0.0139. The van der Waals surface area contributed by atoms with Gasteiger partial charge in [-0.2, -0.15) is 0 Å². The first kappa shape index (κ1) is 54.5. The summed E-state index contributed by atoms with van der Waals surface area (Å²) in [4.78, 5) is 81.0. The van der Waals surface area contributed by atoms with Crippen molar-refractivity contribution >= 4 is 35.9 Å². The number of amides is 4. The molecule has 0 radical (unpaired) electrons. The third kappa shape index (κ3) is 15.3. The minimum atomic E-state index is -1.09. The van der Waals surface area contributed by atoms with Gasteiger partial charge < -0.3 is 78.1 Å². The summed E-state index contributed by atoms with van der Waals surface area (Å²) in [6.45, 7) is 16.4. The molecule has 22 nitrogen and oxygen atoms in total. The molecule has 4 fully saturated rings. The fourth-order valence-corrected chi connectivity index (χ4v) is 8.55. The number of nitrogens with one attached hydrogen (secondary N) is 4. The Hall–Kier alpha value is -4.42. The highest BCUT2D eigenvalue weighted by Gasteiger charge is 2.60. The predicted octanol–water partition coefficient (Wildman–Crippen LogP) is 2.79. The van der Waals surface area contributed by atoms with Crippen LogP contribution < -0.4 is 21.3 Å². The summed E-state index contributed by atoms with van der Waals surface area (Å²) in [6.07, 6.45) is -2.53. The zero-order valence-corrected chi connectivity index (χ0v) is 41.2. The summed E-state index contributed by atoms with van der Waals surface area (Å²) < 4.78 is 70.5. The number of hydrogen-bond acceptors (Lipinski definition) is 18.